The van der Waals surface area contributed by atoms with E-state index in [-0.39, 0.29) is 37.4 Å². The minimum Gasteiger partial charge on any atom is -0.481 e. The lowest BCUT2D eigenvalue weighted by atomic mass is 10.2. The van der Waals surface area contributed by atoms with Crippen molar-refractivity contribution >= 4 is 17.8 Å². The van der Waals surface area contributed by atoms with Gasteiger partial charge < -0.3 is 14.9 Å². The van der Waals surface area contributed by atoms with E-state index in [4.69, 9.17) is 5.11 Å². The summed E-state index contributed by atoms with van der Waals surface area (Å²) in [5.41, 5.74) is 0. The Bertz CT molecular complexity index is 368. The molecule has 0 atom stereocenters. The molecule has 1 rings (SSSR count). The molecule has 1 N–H and O–H groups in total. The Hall–Kier alpha value is -1.59. The summed E-state index contributed by atoms with van der Waals surface area (Å²) in [5.74, 6) is -1.07. The lowest BCUT2D eigenvalue weighted by molar-refractivity contribution is -0.143. The number of amides is 2. The van der Waals surface area contributed by atoms with Crippen molar-refractivity contribution in [2.24, 2.45) is 0 Å². The maximum absolute atomic E-state index is 12.3. The van der Waals surface area contributed by atoms with E-state index in [0.29, 0.717) is 13.0 Å². The maximum Gasteiger partial charge on any atom is 0.305 e. The highest BCUT2D eigenvalue weighted by atomic mass is 16.4. The summed E-state index contributed by atoms with van der Waals surface area (Å²) in [6.45, 7) is 4.58. The molecule has 20 heavy (non-hydrogen) atoms. The number of rotatable bonds is 6. The third-order valence-electron chi connectivity index (χ3n) is 3.51. The van der Waals surface area contributed by atoms with Crippen LogP contribution in [-0.4, -0.2) is 58.4 Å². The molecule has 1 saturated heterocycles. The Morgan fingerprint density at radius 2 is 2.00 bits per heavy atom. The van der Waals surface area contributed by atoms with Crippen molar-refractivity contribution in [3.8, 4) is 0 Å². The van der Waals surface area contributed by atoms with Gasteiger partial charge in [-0.25, -0.2) is 0 Å². The van der Waals surface area contributed by atoms with Crippen LogP contribution in [0.5, 0.6) is 0 Å². The van der Waals surface area contributed by atoms with Crippen molar-refractivity contribution < 1.29 is 19.5 Å². The Balaban J connectivity index is 2.59. The quantitative estimate of drug-likeness (QED) is 0.792. The fourth-order valence-electron chi connectivity index (χ4n) is 2.35. The molecule has 1 aliphatic rings. The van der Waals surface area contributed by atoms with Crippen molar-refractivity contribution in [1.82, 2.24) is 9.80 Å². The summed E-state index contributed by atoms with van der Waals surface area (Å²) >= 11 is 0. The predicted molar refractivity (Wildman–Crippen MR) is 74.1 cm³/mol. The smallest absolute Gasteiger partial charge is 0.305 e. The van der Waals surface area contributed by atoms with Crippen LogP contribution in [-0.2, 0) is 14.4 Å². The summed E-state index contributed by atoms with van der Waals surface area (Å²) in [6, 6.07) is -0.0658. The molecule has 6 nitrogen and oxygen atoms in total. The first-order valence-corrected chi connectivity index (χ1v) is 7.21. The number of carbonyl (C=O) groups excluding carboxylic acids is 2. The standard InChI is InChI=1S/C14H24N2O4/c1-11(2)16(9-7-14(19)20)13(18)10-15-8-5-3-4-6-12(15)17/h11H,3-10H2,1-2H3,(H,19,20). The Morgan fingerprint density at radius 1 is 1.30 bits per heavy atom. The molecule has 1 fully saturated rings. The minimum absolute atomic E-state index is 0.0257. The zero-order valence-corrected chi connectivity index (χ0v) is 12.3. The molecule has 0 aliphatic carbocycles. The van der Waals surface area contributed by atoms with E-state index < -0.39 is 5.97 Å². The molecule has 0 aromatic heterocycles. The molecule has 0 aromatic carbocycles. The molecular formula is C14H24N2O4. The van der Waals surface area contributed by atoms with Crippen LogP contribution < -0.4 is 0 Å². The number of carbonyl (C=O) groups is 3. The number of carboxylic acid groups (broad SMARTS) is 1. The van der Waals surface area contributed by atoms with Gasteiger partial charge in [0.25, 0.3) is 0 Å². The van der Waals surface area contributed by atoms with E-state index in [1.54, 1.807) is 4.90 Å². The van der Waals surface area contributed by atoms with Crippen LogP contribution in [0.4, 0.5) is 0 Å². The van der Waals surface area contributed by atoms with Crippen LogP contribution in [0.3, 0.4) is 0 Å². The average molecular weight is 284 g/mol. The van der Waals surface area contributed by atoms with Crippen LogP contribution in [0.1, 0.15) is 46.0 Å². The van der Waals surface area contributed by atoms with Gasteiger partial charge in [-0.05, 0) is 26.7 Å². The largest absolute Gasteiger partial charge is 0.481 e. The van der Waals surface area contributed by atoms with E-state index in [2.05, 4.69) is 0 Å². The van der Waals surface area contributed by atoms with Crippen LogP contribution in [0.2, 0.25) is 0 Å². The lowest BCUT2D eigenvalue weighted by Crippen LogP contribution is -2.46. The molecule has 0 saturated carbocycles. The minimum atomic E-state index is -0.922. The zero-order valence-electron chi connectivity index (χ0n) is 12.3. The van der Waals surface area contributed by atoms with E-state index in [1.807, 2.05) is 13.8 Å². The fraction of sp³-hybridized carbons (Fsp3) is 0.786. The monoisotopic (exact) mass is 284 g/mol. The second kappa shape index (κ2) is 7.87. The number of carboxylic acids is 1. The highest BCUT2D eigenvalue weighted by Crippen LogP contribution is 2.12. The average Bonchev–Trinajstić information content (AvgIpc) is 2.54. The third kappa shape index (κ3) is 5.19. The topological polar surface area (TPSA) is 77.9 Å². The first-order valence-electron chi connectivity index (χ1n) is 7.21. The maximum atomic E-state index is 12.3. The first kappa shape index (κ1) is 16.5. The van der Waals surface area contributed by atoms with Crippen LogP contribution in [0, 0.1) is 0 Å². The van der Waals surface area contributed by atoms with E-state index in [1.165, 1.54) is 4.90 Å². The number of hydrogen-bond donors (Lipinski definition) is 1. The Labute approximate surface area is 119 Å². The number of hydrogen-bond acceptors (Lipinski definition) is 3. The second-order valence-electron chi connectivity index (χ2n) is 5.45. The molecule has 0 unspecified atom stereocenters. The predicted octanol–water partition coefficient (Wildman–Crippen LogP) is 1.10. The van der Waals surface area contributed by atoms with Crippen molar-refractivity contribution in [1.29, 1.82) is 0 Å². The molecule has 0 bridgehead atoms. The summed E-state index contributed by atoms with van der Waals surface area (Å²) in [6.07, 6.45) is 3.26. The normalized spacial score (nSPS) is 16.1. The summed E-state index contributed by atoms with van der Waals surface area (Å²) in [4.78, 5) is 37.9. The van der Waals surface area contributed by atoms with Gasteiger partial charge in [-0.2, -0.15) is 0 Å². The molecule has 0 radical (unpaired) electrons. The second-order valence-corrected chi connectivity index (χ2v) is 5.45. The number of aliphatic carboxylic acids is 1. The molecule has 0 spiro atoms. The Morgan fingerprint density at radius 3 is 2.60 bits per heavy atom. The van der Waals surface area contributed by atoms with Gasteiger partial charge in [-0.1, -0.05) is 6.42 Å². The third-order valence-corrected chi connectivity index (χ3v) is 3.51. The summed E-state index contributed by atoms with van der Waals surface area (Å²) < 4.78 is 0. The molecule has 6 heteroatoms. The SMILES string of the molecule is CC(C)N(CCC(=O)O)C(=O)CN1CCCCCC1=O. The van der Waals surface area contributed by atoms with Gasteiger partial charge in [0.15, 0.2) is 0 Å². The molecular weight excluding hydrogens is 260 g/mol. The van der Waals surface area contributed by atoms with Gasteiger partial charge in [0.05, 0.1) is 13.0 Å². The zero-order chi connectivity index (χ0) is 15.1. The highest BCUT2D eigenvalue weighted by molar-refractivity contribution is 5.85. The van der Waals surface area contributed by atoms with Crippen LogP contribution >= 0.6 is 0 Å². The number of likely N-dealkylation sites (tertiary alicyclic amines) is 1. The molecule has 114 valence electrons. The lowest BCUT2D eigenvalue weighted by Gasteiger charge is -2.29. The van der Waals surface area contributed by atoms with E-state index in [0.717, 1.165) is 19.3 Å². The summed E-state index contributed by atoms with van der Waals surface area (Å²) in [5, 5.41) is 8.72. The van der Waals surface area contributed by atoms with E-state index >= 15 is 0 Å². The first-order chi connectivity index (χ1) is 9.41. The van der Waals surface area contributed by atoms with Gasteiger partial charge in [-0.15, -0.1) is 0 Å². The fourth-order valence-corrected chi connectivity index (χ4v) is 2.35. The van der Waals surface area contributed by atoms with Crippen molar-refractivity contribution in [3.63, 3.8) is 0 Å². The van der Waals surface area contributed by atoms with Gasteiger partial charge >= 0.3 is 5.97 Å². The molecule has 2 amide bonds. The molecule has 0 aromatic rings. The van der Waals surface area contributed by atoms with Crippen molar-refractivity contribution in [3.05, 3.63) is 0 Å². The van der Waals surface area contributed by atoms with Crippen LogP contribution in [0.25, 0.3) is 0 Å². The molecule has 1 heterocycles. The molecule has 1 aliphatic heterocycles. The van der Waals surface area contributed by atoms with E-state index in [9.17, 15) is 14.4 Å². The van der Waals surface area contributed by atoms with Crippen molar-refractivity contribution in [2.75, 3.05) is 19.6 Å². The highest BCUT2D eigenvalue weighted by Gasteiger charge is 2.24. The summed E-state index contributed by atoms with van der Waals surface area (Å²) in [7, 11) is 0. The Kier molecular flexibility index (Phi) is 6.48. The van der Waals surface area contributed by atoms with Crippen molar-refractivity contribution in [2.45, 2.75) is 52.0 Å². The number of nitrogens with zero attached hydrogens (tertiary/aromatic N) is 2. The van der Waals surface area contributed by atoms with Gasteiger partial charge in [0.2, 0.25) is 11.8 Å². The van der Waals surface area contributed by atoms with Gasteiger partial charge in [-0.3, -0.25) is 14.4 Å². The van der Waals surface area contributed by atoms with Gasteiger partial charge in [0.1, 0.15) is 0 Å². The van der Waals surface area contributed by atoms with Gasteiger partial charge in [0, 0.05) is 25.6 Å². The van der Waals surface area contributed by atoms with Crippen LogP contribution in [0.15, 0.2) is 0 Å².